The Kier molecular flexibility index (Phi) is 70.8. The molecule has 0 radical (unpaired) electrons. The first-order chi connectivity index (χ1) is 40.5. The van der Waals surface area contributed by atoms with Crippen molar-refractivity contribution < 1.29 is 24.5 Å². The highest BCUT2D eigenvalue weighted by Crippen LogP contribution is 2.20. The number of unbranched alkanes of at least 4 members (excludes halogenated alkanes) is 59. The lowest BCUT2D eigenvalue weighted by Crippen LogP contribution is -2.45. The number of carbonyl (C=O) groups is 2. The number of hydrogen-bond donors (Lipinski definition) is 3. The fourth-order valence-corrected chi connectivity index (χ4v) is 12.3. The molecular weight excluding hydrogens is 1010 g/mol. The Morgan fingerprint density at radius 3 is 0.866 bits per heavy atom. The number of rotatable bonds is 72. The van der Waals surface area contributed by atoms with E-state index in [0.29, 0.717) is 25.9 Å². The van der Waals surface area contributed by atoms with Crippen LogP contribution in [0.3, 0.4) is 0 Å². The number of ether oxygens (including phenoxy) is 1. The second-order valence-corrected chi connectivity index (χ2v) is 26.3. The van der Waals surface area contributed by atoms with E-state index in [1.165, 1.54) is 360 Å². The zero-order valence-electron chi connectivity index (χ0n) is 56.0. The fourth-order valence-electron chi connectivity index (χ4n) is 12.3. The summed E-state index contributed by atoms with van der Waals surface area (Å²) in [6, 6.07) is -0.543. The summed E-state index contributed by atoms with van der Waals surface area (Å²) in [6.07, 6.45) is 89.9. The number of esters is 1. The van der Waals surface area contributed by atoms with Crippen LogP contribution in [0, 0.1) is 0 Å². The van der Waals surface area contributed by atoms with E-state index in [9.17, 15) is 19.8 Å². The van der Waals surface area contributed by atoms with Crippen LogP contribution in [0.5, 0.6) is 0 Å². The van der Waals surface area contributed by atoms with Crippen molar-refractivity contribution in [2.45, 2.75) is 450 Å². The van der Waals surface area contributed by atoms with Crippen LogP contribution in [0.1, 0.15) is 438 Å². The van der Waals surface area contributed by atoms with Crippen molar-refractivity contribution in [3.05, 3.63) is 12.2 Å². The summed E-state index contributed by atoms with van der Waals surface area (Å²) in [7, 11) is 0. The van der Waals surface area contributed by atoms with Gasteiger partial charge in [0.2, 0.25) is 5.91 Å². The third-order valence-corrected chi connectivity index (χ3v) is 18.1. The van der Waals surface area contributed by atoms with E-state index in [2.05, 4.69) is 31.3 Å². The molecule has 6 nitrogen and oxygen atoms in total. The van der Waals surface area contributed by atoms with Gasteiger partial charge in [0.25, 0.3) is 0 Å². The van der Waals surface area contributed by atoms with Crippen LogP contribution in [0.2, 0.25) is 0 Å². The molecule has 0 bridgehead atoms. The summed E-state index contributed by atoms with van der Waals surface area (Å²) >= 11 is 0. The van der Waals surface area contributed by atoms with Crippen molar-refractivity contribution in [1.82, 2.24) is 5.32 Å². The van der Waals surface area contributed by atoms with E-state index in [1.807, 2.05) is 0 Å². The average molecular weight is 1160 g/mol. The molecule has 82 heavy (non-hydrogen) atoms. The predicted molar refractivity (Wildman–Crippen MR) is 361 cm³/mol. The number of allylic oxidation sites excluding steroid dienone is 2. The van der Waals surface area contributed by atoms with Crippen molar-refractivity contribution in [3.8, 4) is 0 Å². The van der Waals surface area contributed by atoms with Crippen LogP contribution in [0.25, 0.3) is 0 Å². The van der Waals surface area contributed by atoms with Crippen LogP contribution in [0.15, 0.2) is 12.2 Å². The van der Waals surface area contributed by atoms with Gasteiger partial charge in [-0.15, -0.1) is 0 Å². The van der Waals surface area contributed by atoms with Gasteiger partial charge in [0, 0.05) is 12.8 Å². The average Bonchev–Trinajstić information content (AvgIpc) is 3.48. The summed E-state index contributed by atoms with van der Waals surface area (Å²) in [5, 5.41) is 23.5. The van der Waals surface area contributed by atoms with Gasteiger partial charge in [-0.3, -0.25) is 9.59 Å². The molecule has 6 heteroatoms. The first kappa shape index (κ1) is 80.6. The standard InChI is InChI=1S/C76H149NO5/c1-3-5-7-9-11-13-15-17-19-21-23-24-25-26-27-29-33-36-40-44-48-52-56-60-64-68-74(79)73(72-78)77-75(80)69-65-61-57-53-49-45-41-37-34-30-28-31-35-39-43-47-51-55-59-63-67-71-82-76(81)70-66-62-58-54-50-46-42-38-32-22-20-18-16-14-12-10-8-6-4-2/h18,20,73-74,78-79H,3-17,19,21-72H2,1-2H3,(H,77,80)/b20-18-. The molecule has 0 rings (SSSR count). The van der Waals surface area contributed by atoms with Gasteiger partial charge in [0.1, 0.15) is 0 Å². The van der Waals surface area contributed by atoms with Gasteiger partial charge in [0.15, 0.2) is 0 Å². The summed E-state index contributed by atoms with van der Waals surface area (Å²) in [5.74, 6) is -0.0167. The molecule has 488 valence electrons. The lowest BCUT2D eigenvalue weighted by molar-refractivity contribution is -0.143. The zero-order valence-corrected chi connectivity index (χ0v) is 56.0. The third-order valence-electron chi connectivity index (χ3n) is 18.1. The molecule has 0 spiro atoms. The molecule has 0 saturated heterocycles. The highest BCUT2D eigenvalue weighted by Gasteiger charge is 2.20. The molecule has 3 N–H and O–H groups in total. The van der Waals surface area contributed by atoms with Gasteiger partial charge in [-0.1, -0.05) is 386 Å². The molecular formula is C76H149NO5. The van der Waals surface area contributed by atoms with E-state index in [-0.39, 0.29) is 18.5 Å². The maximum atomic E-state index is 12.6. The number of nitrogens with one attached hydrogen (secondary N) is 1. The predicted octanol–water partition coefficient (Wildman–Crippen LogP) is 24.7. The van der Waals surface area contributed by atoms with Gasteiger partial charge < -0.3 is 20.3 Å². The molecule has 1 amide bonds. The fraction of sp³-hybridized carbons (Fsp3) is 0.947. The first-order valence-corrected chi connectivity index (χ1v) is 37.9. The SMILES string of the molecule is CCCCCCCC/C=C\CCCCCCCCCCCC(=O)OCCCCCCCCCCCCCCCCCCCCCCCC(=O)NC(CO)C(O)CCCCCCCCCCCCCCCCCCCCCCCCCCC. The highest BCUT2D eigenvalue weighted by molar-refractivity contribution is 5.76. The van der Waals surface area contributed by atoms with Gasteiger partial charge in [-0.25, -0.2) is 0 Å². The molecule has 0 aromatic heterocycles. The van der Waals surface area contributed by atoms with Crippen LogP contribution in [-0.2, 0) is 14.3 Å². The first-order valence-electron chi connectivity index (χ1n) is 37.9. The van der Waals surface area contributed by atoms with E-state index in [4.69, 9.17) is 4.74 Å². The Hall–Kier alpha value is -1.40. The molecule has 0 aliphatic carbocycles. The second kappa shape index (κ2) is 72.1. The molecule has 0 aliphatic rings. The van der Waals surface area contributed by atoms with Gasteiger partial charge in [-0.05, 0) is 51.4 Å². The van der Waals surface area contributed by atoms with Crippen LogP contribution in [0.4, 0.5) is 0 Å². The van der Waals surface area contributed by atoms with Crippen molar-refractivity contribution in [2.24, 2.45) is 0 Å². The molecule has 0 aliphatic heterocycles. The maximum Gasteiger partial charge on any atom is 0.305 e. The van der Waals surface area contributed by atoms with Crippen LogP contribution >= 0.6 is 0 Å². The lowest BCUT2D eigenvalue weighted by Gasteiger charge is -2.22. The van der Waals surface area contributed by atoms with Crippen molar-refractivity contribution in [2.75, 3.05) is 13.2 Å². The lowest BCUT2D eigenvalue weighted by atomic mass is 10.0. The second-order valence-electron chi connectivity index (χ2n) is 26.3. The molecule has 2 atom stereocenters. The Morgan fingerprint density at radius 2 is 0.573 bits per heavy atom. The molecule has 0 fully saturated rings. The molecule has 0 aromatic rings. The Labute approximate surface area is 514 Å². The topological polar surface area (TPSA) is 95.9 Å². The van der Waals surface area contributed by atoms with E-state index in [1.54, 1.807) is 0 Å². The number of aliphatic hydroxyl groups excluding tert-OH is 2. The molecule has 0 saturated carbocycles. The van der Waals surface area contributed by atoms with E-state index >= 15 is 0 Å². The van der Waals surface area contributed by atoms with E-state index in [0.717, 1.165) is 44.9 Å². The quantitative estimate of drug-likeness (QED) is 0.0320. The number of aliphatic hydroxyl groups is 2. The van der Waals surface area contributed by atoms with Gasteiger partial charge in [0.05, 0.1) is 25.4 Å². The van der Waals surface area contributed by atoms with Crippen molar-refractivity contribution in [1.29, 1.82) is 0 Å². The smallest absolute Gasteiger partial charge is 0.305 e. The molecule has 0 aromatic carbocycles. The van der Waals surface area contributed by atoms with Crippen LogP contribution in [-0.4, -0.2) is 47.4 Å². The van der Waals surface area contributed by atoms with Gasteiger partial charge >= 0.3 is 5.97 Å². The Morgan fingerprint density at radius 1 is 0.329 bits per heavy atom. The summed E-state index contributed by atoms with van der Waals surface area (Å²) in [6.45, 7) is 5.00. The summed E-state index contributed by atoms with van der Waals surface area (Å²) < 4.78 is 5.51. The monoisotopic (exact) mass is 1160 g/mol. The highest BCUT2D eigenvalue weighted by atomic mass is 16.5. The van der Waals surface area contributed by atoms with Crippen molar-refractivity contribution >= 4 is 11.9 Å². The van der Waals surface area contributed by atoms with Gasteiger partial charge in [-0.2, -0.15) is 0 Å². The minimum Gasteiger partial charge on any atom is -0.466 e. The molecule has 2 unspecified atom stereocenters. The minimum absolute atomic E-state index is 0.0133. The largest absolute Gasteiger partial charge is 0.466 e. The van der Waals surface area contributed by atoms with Crippen molar-refractivity contribution in [3.63, 3.8) is 0 Å². The normalized spacial score (nSPS) is 12.5. The molecule has 0 heterocycles. The number of amides is 1. The Bertz CT molecular complexity index is 1240. The summed E-state index contributed by atoms with van der Waals surface area (Å²) in [5.41, 5.74) is 0. The Balaban J connectivity index is 3.37. The number of carbonyl (C=O) groups excluding carboxylic acids is 2. The maximum absolute atomic E-state index is 12.6. The van der Waals surface area contributed by atoms with Crippen LogP contribution < -0.4 is 5.32 Å². The summed E-state index contributed by atoms with van der Waals surface area (Å²) in [4.78, 5) is 24.7. The third kappa shape index (κ3) is 67.7. The minimum atomic E-state index is -0.666. The van der Waals surface area contributed by atoms with E-state index < -0.39 is 12.1 Å². The zero-order chi connectivity index (χ0) is 59.2. The number of hydrogen-bond acceptors (Lipinski definition) is 5.